The Morgan fingerprint density at radius 1 is 1.11 bits per heavy atom. The largest absolute Gasteiger partial charge is 0.316 e. The standard InChI is InChI=1S/C15H14FNO2/c16-13-8-6-12(7-9-13)14(18)4-3-11-17-10-2-1-5-15(17)19/h1-2,5-10H,3-4,11H2. The number of nitrogens with zero attached hydrogens (tertiary/aromatic N) is 1. The van der Waals surface area contributed by atoms with Gasteiger partial charge in [-0.3, -0.25) is 9.59 Å². The molecule has 2 rings (SSSR count). The van der Waals surface area contributed by atoms with Crippen LogP contribution in [0.4, 0.5) is 4.39 Å². The number of rotatable bonds is 5. The van der Waals surface area contributed by atoms with Gasteiger partial charge in [-0.15, -0.1) is 0 Å². The molecule has 0 aliphatic rings. The van der Waals surface area contributed by atoms with Crippen LogP contribution in [0, 0.1) is 5.82 Å². The molecule has 0 N–H and O–H groups in total. The fraction of sp³-hybridized carbons (Fsp3) is 0.200. The molecule has 0 saturated heterocycles. The van der Waals surface area contributed by atoms with Gasteiger partial charge in [0.2, 0.25) is 5.56 Å². The number of halogens is 1. The molecule has 1 heterocycles. The fourth-order valence-electron chi connectivity index (χ4n) is 1.84. The number of carbonyl (C=O) groups is 1. The Morgan fingerprint density at radius 3 is 2.53 bits per heavy atom. The van der Waals surface area contributed by atoms with Gasteiger partial charge in [0.05, 0.1) is 0 Å². The van der Waals surface area contributed by atoms with E-state index in [0.29, 0.717) is 24.9 Å². The van der Waals surface area contributed by atoms with Crippen LogP contribution in [0.1, 0.15) is 23.2 Å². The zero-order valence-electron chi connectivity index (χ0n) is 10.4. The summed E-state index contributed by atoms with van der Waals surface area (Å²) < 4.78 is 14.3. The maximum Gasteiger partial charge on any atom is 0.250 e. The molecular formula is C15H14FNO2. The van der Waals surface area contributed by atoms with E-state index in [0.717, 1.165) is 0 Å². The number of hydrogen-bond acceptors (Lipinski definition) is 2. The highest BCUT2D eigenvalue weighted by molar-refractivity contribution is 5.95. The van der Waals surface area contributed by atoms with Crippen LogP contribution < -0.4 is 5.56 Å². The molecule has 4 heteroatoms. The lowest BCUT2D eigenvalue weighted by Crippen LogP contribution is -2.18. The molecule has 0 bridgehead atoms. The molecule has 0 saturated carbocycles. The van der Waals surface area contributed by atoms with Gasteiger partial charge in [0.25, 0.3) is 0 Å². The third kappa shape index (κ3) is 3.61. The van der Waals surface area contributed by atoms with Crippen LogP contribution in [0.5, 0.6) is 0 Å². The second-order valence-corrected chi connectivity index (χ2v) is 4.27. The summed E-state index contributed by atoms with van der Waals surface area (Å²) in [6.45, 7) is 0.507. The number of Topliss-reactive ketones (excluding diaryl/α,β-unsaturated/α-hetero) is 1. The summed E-state index contributed by atoms with van der Waals surface area (Å²) >= 11 is 0. The van der Waals surface area contributed by atoms with Gasteiger partial charge in [0.1, 0.15) is 5.82 Å². The van der Waals surface area contributed by atoms with E-state index in [1.54, 1.807) is 22.9 Å². The predicted molar refractivity (Wildman–Crippen MR) is 70.7 cm³/mol. The second kappa shape index (κ2) is 6.09. The number of aryl methyl sites for hydroxylation is 1. The van der Waals surface area contributed by atoms with E-state index in [1.807, 2.05) is 0 Å². The molecule has 19 heavy (non-hydrogen) atoms. The van der Waals surface area contributed by atoms with E-state index < -0.39 is 0 Å². The number of benzene rings is 1. The average Bonchev–Trinajstić information content (AvgIpc) is 2.41. The predicted octanol–water partition coefficient (Wildman–Crippen LogP) is 2.65. The van der Waals surface area contributed by atoms with Gasteiger partial charge in [0, 0.05) is 30.8 Å². The molecule has 0 spiro atoms. The maximum atomic E-state index is 12.7. The Kier molecular flexibility index (Phi) is 4.23. The van der Waals surface area contributed by atoms with Gasteiger partial charge in [-0.25, -0.2) is 4.39 Å². The molecule has 3 nitrogen and oxygen atoms in total. The highest BCUT2D eigenvalue weighted by Gasteiger charge is 2.05. The molecule has 0 fully saturated rings. The van der Waals surface area contributed by atoms with Crippen LogP contribution >= 0.6 is 0 Å². The summed E-state index contributed by atoms with van der Waals surface area (Å²) in [7, 11) is 0. The summed E-state index contributed by atoms with van der Waals surface area (Å²) in [5.74, 6) is -0.392. The van der Waals surface area contributed by atoms with E-state index in [1.165, 1.54) is 30.3 Å². The van der Waals surface area contributed by atoms with Crippen LogP contribution in [0.15, 0.2) is 53.5 Å². The zero-order chi connectivity index (χ0) is 13.7. The Morgan fingerprint density at radius 2 is 1.84 bits per heavy atom. The summed E-state index contributed by atoms with van der Waals surface area (Å²) in [6, 6.07) is 10.5. The van der Waals surface area contributed by atoms with Crippen molar-refractivity contribution in [1.82, 2.24) is 4.57 Å². The topological polar surface area (TPSA) is 39.1 Å². The monoisotopic (exact) mass is 259 g/mol. The SMILES string of the molecule is O=C(CCCn1ccccc1=O)c1ccc(F)cc1. The van der Waals surface area contributed by atoms with Crippen LogP contribution in [-0.2, 0) is 6.54 Å². The van der Waals surface area contributed by atoms with Crippen molar-refractivity contribution in [3.8, 4) is 0 Å². The second-order valence-electron chi connectivity index (χ2n) is 4.27. The van der Waals surface area contributed by atoms with Crippen molar-refractivity contribution >= 4 is 5.78 Å². The molecule has 98 valence electrons. The summed E-state index contributed by atoms with van der Waals surface area (Å²) in [6.07, 6.45) is 2.62. The maximum absolute atomic E-state index is 12.7. The van der Waals surface area contributed by atoms with Crippen LogP contribution in [0.25, 0.3) is 0 Å². The first kappa shape index (κ1) is 13.2. The number of pyridine rings is 1. The lowest BCUT2D eigenvalue weighted by molar-refractivity contribution is 0.0978. The summed E-state index contributed by atoms with van der Waals surface area (Å²) in [5, 5.41) is 0. The highest BCUT2D eigenvalue weighted by atomic mass is 19.1. The quantitative estimate of drug-likeness (QED) is 0.774. The lowest BCUT2D eigenvalue weighted by atomic mass is 10.1. The molecule has 0 aliphatic heterocycles. The third-order valence-corrected chi connectivity index (χ3v) is 2.87. The van der Waals surface area contributed by atoms with E-state index in [4.69, 9.17) is 0 Å². The van der Waals surface area contributed by atoms with Crippen LogP contribution in [-0.4, -0.2) is 10.4 Å². The molecule has 2 aromatic rings. The smallest absolute Gasteiger partial charge is 0.250 e. The van der Waals surface area contributed by atoms with Crippen molar-refractivity contribution in [3.63, 3.8) is 0 Å². The van der Waals surface area contributed by atoms with E-state index in [2.05, 4.69) is 0 Å². The number of carbonyl (C=O) groups excluding carboxylic acids is 1. The molecule has 0 amide bonds. The van der Waals surface area contributed by atoms with Crippen molar-refractivity contribution in [2.75, 3.05) is 0 Å². The third-order valence-electron chi connectivity index (χ3n) is 2.87. The zero-order valence-corrected chi connectivity index (χ0v) is 10.4. The highest BCUT2D eigenvalue weighted by Crippen LogP contribution is 2.07. The molecule has 0 aliphatic carbocycles. The van der Waals surface area contributed by atoms with Crippen LogP contribution in [0.2, 0.25) is 0 Å². The lowest BCUT2D eigenvalue weighted by Gasteiger charge is -2.04. The average molecular weight is 259 g/mol. The molecule has 0 radical (unpaired) electrons. The van der Waals surface area contributed by atoms with Crippen molar-refractivity contribution in [1.29, 1.82) is 0 Å². The molecule has 0 unspecified atom stereocenters. The first-order valence-corrected chi connectivity index (χ1v) is 6.11. The summed E-state index contributed by atoms with van der Waals surface area (Å²) in [5.41, 5.74) is 0.429. The molecule has 0 atom stereocenters. The van der Waals surface area contributed by atoms with Crippen LogP contribution in [0.3, 0.4) is 0 Å². The molecular weight excluding hydrogens is 245 g/mol. The minimum Gasteiger partial charge on any atom is -0.316 e. The first-order valence-electron chi connectivity index (χ1n) is 6.11. The molecule has 1 aromatic carbocycles. The van der Waals surface area contributed by atoms with Crippen molar-refractivity contribution in [2.24, 2.45) is 0 Å². The minimum atomic E-state index is -0.354. The summed E-state index contributed by atoms with van der Waals surface area (Å²) in [4.78, 5) is 23.3. The van der Waals surface area contributed by atoms with Gasteiger partial charge in [-0.2, -0.15) is 0 Å². The van der Waals surface area contributed by atoms with E-state index in [9.17, 15) is 14.0 Å². The minimum absolute atomic E-state index is 0.0380. The van der Waals surface area contributed by atoms with Crippen molar-refractivity contribution in [3.05, 3.63) is 70.4 Å². The van der Waals surface area contributed by atoms with Crippen molar-refractivity contribution in [2.45, 2.75) is 19.4 Å². The van der Waals surface area contributed by atoms with E-state index >= 15 is 0 Å². The molecule has 1 aromatic heterocycles. The number of ketones is 1. The van der Waals surface area contributed by atoms with Gasteiger partial charge in [-0.05, 0) is 36.8 Å². The van der Waals surface area contributed by atoms with Gasteiger partial charge >= 0.3 is 0 Å². The van der Waals surface area contributed by atoms with Gasteiger partial charge < -0.3 is 4.57 Å². The Bertz CT molecular complexity index is 617. The van der Waals surface area contributed by atoms with Gasteiger partial charge in [0.15, 0.2) is 5.78 Å². The normalized spacial score (nSPS) is 10.4. The fourth-order valence-corrected chi connectivity index (χ4v) is 1.84. The Labute approximate surface area is 110 Å². The Balaban J connectivity index is 1.89. The van der Waals surface area contributed by atoms with E-state index in [-0.39, 0.29) is 17.2 Å². The van der Waals surface area contributed by atoms with Gasteiger partial charge in [-0.1, -0.05) is 6.07 Å². The first-order chi connectivity index (χ1) is 9.16. The number of hydrogen-bond donors (Lipinski definition) is 0. The Hall–Kier alpha value is -2.23. The number of aromatic nitrogens is 1. The van der Waals surface area contributed by atoms with Crippen molar-refractivity contribution < 1.29 is 9.18 Å².